The number of alkyl halides is 4. The zero-order valence-electron chi connectivity index (χ0n) is 43.0. The van der Waals surface area contributed by atoms with Gasteiger partial charge in [-0.3, -0.25) is 29.4 Å². The highest BCUT2D eigenvalue weighted by molar-refractivity contribution is 7.12. The van der Waals surface area contributed by atoms with Crippen LogP contribution >= 0.6 is 57.5 Å². The van der Waals surface area contributed by atoms with Crippen molar-refractivity contribution in [2.75, 3.05) is 39.9 Å². The molecule has 2 fully saturated rings. The van der Waals surface area contributed by atoms with Crippen molar-refractivity contribution in [1.82, 2.24) is 30.4 Å². The molecule has 0 spiro atoms. The number of nitrogens with one attached hydrogen (secondary N) is 2. The Bertz CT molecular complexity index is 2930. The first-order chi connectivity index (χ1) is 37.1. The first-order valence-electron chi connectivity index (χ1n) is 25.2. The Kier molecular flexibility index (Phi) is 20.6. The van der Waals surface area contributed by atoms with Gasteiger partial charge in [0.2, 0.25) is 0 Å². The molecule has 25 heteroatoms. The molecular formula is C53H59Cl3F4N8O8S2. The molecule has 4 aromatic rings. The van der Waals surface area contributed by atoms with E-state index in [0.717, 1.165) is 0 Å². The minimum Gasteiger partial charge on any atom is -0.481 e. The summed E-state index contributed by atoms with van der Waals surface area (Å²) in [5, 5.41) is 30.5. The Morgan fingerprint density at radius 1 is 0.731 bits per heavy atom. The molecule has 8 rings (SSSR count). The zero-order valence-corrected chi connectivity index (χ0v) is 46.9. The van der Waals surface area contributed by atoms with Gasteiger partial charge in [0.05, 0.1) is 49.8 Å². The molecule has 420 valence electrons. The van der Waals surface area contributed by atoms with Crippen molar-refractivity contribution in [3.05, 3.63) is 124 Å². The van der Waals surface area contributed by atoms with Crippen molar-refractivity contribution in [1.29, 1.82) is 0 Å². The van der Waals surface area contributed by atoms with Gasteiger partial charge in [0, 0.05) is 98.8 Å². The van der Waals surface area contributed by atoms with Gasteiger partial charge in [0.25, 0.3) is 11.8 Å². The molecule has 6 heterocycles. The number of carboxylic acid groups (broad SMARTS) is 2. The fraction of sp³-hybridized carbons (Fsp3) is 0.472. The minimum atomic E-state index is -2.92. The molecule has 0 aliphatic carbocycles. The largest absolute Gasteiger partial charge is 0.481 e. The van der Waals surface area contributed by atoms with Crippen LogP contribution < -0.4 is 10.6 Å². The number of carbonyl (C=O) groups is 4. The summed E-state index contributed by atoms with van der Waals surface area (Å²) < 4.78 is 69.1. The number of esters is 2. The summed E-state index contributed by atoms with van der Waals surface area (Å²) >= 11 is 21.8. The van der Waals surface area contributed by atoms with Crippen LogP contribution in [0, 0.1) is 11.8 Å². The second-order valence-electron chi connectivity index (χ2n) is 19.4. The van der Waals surface area contributed by atoms with E-state index in [2.05, 4.69) is 20.6 Å². The summed E-state index contributed by atoms with van der Waals surface area (Å²) in [6.45, 7) is 4.07. The maximum absolute atomic E-state index is 14.7. The number of methoxy groups -OCH3 is 1. The molecule has 4 aliphatic rings. The van der Waals surface area contributed by atoms with Gasteiger partial charge in [-0.05, 0) is 50.8 Å². The van der Waals surface area contributed by atoms with Crippen LogP contribution in [0.1, 0.15) is 105 Å². The molecule has 4 aliphatic heterocycles. The lowest BCUT2D eigenvalue weighted by atomic mass is 9.95. The number of nitrogens with zero attached hydrogens (tertiary/aromatic N) is 6. The lowest BCUT2D eigenvalue weighted by Gasteiger charge is -2.31. The smallest absolute Gasteiger partial charge is 0.338 e. The standard InChI is InChI=1S/C27H31ClF2N4O4S.C26H28Cl2F2N4O4S/c1-3-38-26(37)21-20(14-34-15-27(29,30)13-17(34)8-6-7-16(2)25(35)36)32-23(24-31-11-12-39-24)33-22(21)18-9-4-5-10-19(18)28;1-14(24(35)36)4-3-5-16-11-26(29,30)13-34(16)12-19-20(25(37)38-2)21(17-7-6-15(27)10-18(17)28)33-22(32-19)23-31-8-9-39-23/h4-5,9-12,16-17,22H,3,6-8,13-15H2,1-2H3,(H,32,33)(H,35,36);6-10,14,16,21H,3-5,11-13H2,1-2H3,(H,32,33)(H,35,36)/t16?,17-,22+;14?,16-,21+/m11/s1. The Labute approximate surface area is 471 Å². The summed E-state index contributed by atoms with van der Waals surface area (Å²) in [6.07, 6.45) is 5.13. The van der Waals surface area contributed by atoms with Crippen molar-refractivity contribution in [2.45, 2.75) is 108 Å². The second-order valence-corrected chi connectivity index (χ2v) is 22.5. The molecule has 78 heavy (non-hydrogen) atoms. The number of likely N-dealkylation sites (tertiary alicyclic amines) is 2. The van der Waals surface area contributed by atoms with Gasteiger partial charge < -0.3 is 30.3 Å². The number of benzene rings is 2. The quantitative estimate of drug-likeness (QED) is 0.0452. The lowest BCUT2D eigenvalue weighted by Crippen LogP contribution is -2.41. The Morgan fingerprint density at radius 3 is 1.63 bits per heavy atom. The van der Waals surface area contributed by atoms with E-state index in [4.69, 9.17) is 59.4 Å². The monoisotopic (exact) mass is 1180 g/mol. The van der Waals surface area contributed by atoms with Crippen molar-refractivity contribution in [3.8, 4) is 0 Å². The number of ether oxygens (including phenoxy) is 2. The first kappa shape index (κ1) is 60.2. The average Bonchev–Trinajstić information content (AvgIpc) is 4.22. The van der Waals surface area contributed by atoms with E-state index in [0.29, 0.717) is 92.8 Å². The number of aromatic nitrogens is 2. The van der Waals surface area contributed by atoms with E-state index in [1.807, 2.05) is 0 Å². The van der Waals surface area contributed by atoms with Crippen LogP contribution in [0.2, 0.25) is 15.1 Å². The highest BCUT2D eigenvalue weighted by Gasteiger charge is 2.47. The van der Waals surface area contributed by atoms with E-state index >= 15 is 0 Å². The number of hydrogen-bond donors (Lipinski definition) is 4. The number of rotatable bonds is 21. The van der Waals surface area contributed by atoms with Crippen molar-refractivity contribution in [3.63, 3.8) is 0 Å². The number of hydrogen-bond acceptors (Lipinski definition) is 16. The number of carbonyl (C=O) groups excluding carboxylic acids is 2. The minimum absolute atomic E-state index is 0.00865. The molecule has 0 amide bonds. The van der Waals surface area contributed by atoms with Gasteiger partial charge in [-0.1, -0.05) is 85.8 Å². The van der Waals surface area contributed by atoms with Gasteiger partial charge >= 0.3 is 23.9 Å². The summed E-state index contributed by atoms with van der Waals surface area (Å²) in [4.78, 5) is 70.3. The van der Waals surface area contributed by atoms with Gasteiger partial charge in [-0.15, -0.1) is 22.7 Å². The Balaban J connectivity index is 0.000000226. The number of thiazole rings is 2. The summed E-state index contributed by atoms with van der Waals surface area (Å²) in [5.41, 5.74) is 2.20. The fourth-order valence-electron chi connectivity index (χ4n) is 9.85. The third-order valence-corrected chi connectivity index (χ3v) is 16.2. The Morgan fingerprint density at radius 2 is 1.21 bits per heavy atom. The van der Waals surface area contributed by atoms with E-state index in [9.17, 15) is 41.8 Å². The third kappa shape index (κ3) is 15.2. The van der Waals surface area contributed by atoms with Gasteiger partial charge in [0.1, 0.15) is 12.1 Å². The topological polar surface area (TPSA) is 208 Å². The predicted molar refractivity (Wildman–Crippen MR) is 291 cm³/mol. The first-order valence-corrected chi connectivity index (χ1v) is 28.1. The second kappa shape index (κ2) is 26.6. The maximum Gasteiger partial charge on any atom is 0.338 e. The fourth-order valence-corrected chi connectivity index (χ4v) is 11.8. The molecule has 2 aromatic carbocycles. The van der Waals surface area contributed by atoms with E-state index in [-0.39, 0.29) is 48.7 Å². The third-order valence-electron chi connectivity index (χ3n) is 13.8. The van der Waals surface area contributed by atoms with Crippen molar-refractivity contribution in [2.24, 2.45) is 21.8 Å². The molecule has 0 radical (unpaired) electrons. The van der Waals surface area contributed by atoms with E-state index in [1.54, 1.807) is 96.2 Å². The van der Waals surface area contributed by atoms with Crippen LogP contribution in [0.4, 0.5) is 17.6 Å². The van der Waals surface area contributed by atoms with Crippen LogP contribution in [-0.2, 0) is 28.7 Å². The van der Waals surface area contributed by atoms with Crippen LogP contribution in [-0.4, -0.2) is 129 Å². The summed E-state index contributed by atoms with van der Waals surface area (Å²) in [5.74, 6) is -9.24. The summed E-state index contributed by atoms with van der Waals surface area (Å²) in [6, 6.07) is 9.17. The van der Waals surface area contributed by atoms with Crippen molar-refractivity contribution < 1.29 is 56.4 Å². The highest BCUT2D eigenvalue weighted by Crippen LogP contribution is 2.42. The molecule has 2 saturated heterocycles. The SMILES string of the molecule is CCOC(=O)C1=C(CN2CC(F)(F)C[C@H]2CCCC(C)C(=O)O)NC(c2nccs2)=N[C@H]1c1ccccc1Cl.COC(=O)C1=C(CN2CC(F)(F)C[C@H]2CCCC(C)C(=O)O)NC(c2nccs2)=N[C@H]1c1ccc(Cl)cc1Cl. The van der Waals surface area contributed by atoms with Crippen LogP contribution in [0.5, 0.6) is 0 Å². The average molecular weight is 1180 g/mol. The lowest BCUT2D eigenvalue weighted by molar-refractivity contribution is -0.142. The molecule has 2 aromatic heterocycles. The van der Waals surface area contributed by atoms with Gasteiger partial charge in [-0.2, -0.15) is 0 Å². The van der Waals surface area contributed by atoms with Crippen LogP contribution in [0.3, 0.4) is 0 Å². The van der Waals surface area contributed by atoms with E-state index < -0.39 is 84.8 Å². The number of carboxylic acids is 2. The molecule has 4 N–H and O–H groups in total. The van der Waals surface area contributed by atoms with Gasteiger partial charge in [0.15, 0.2) is 21.7 Å². The number of aliphatic imine (C=N–C) groups is 2. The normalized spacial score (nSPS) is 21.8. The molecule has 6 atom stereocenters. The number of halogens is 7. The molecule has 16 nitrogen and oxygen atoms in total. The number of aliphatic carboxylic acids is 2. The maximum atomic E-state index is 14.7. The molecule has 0 bridgehead atoms. The molecule has 2 unspecified atom stereocenters. The molecular weight excluding hydrogens is 1120 g/mol. The van der Waals surface area contributed by atoms with Crippen molar-refractivity contribution >= 4 is 93.0 Å². The van der Waals surface area contributed by atoms with Gasteiger partial charge in [-0.25, -0.2) is 37.1 Å². The van der Waals surface area contributed by atoms with E-state index in [1.165, 1.54) is 29.8 Å². The molecule has 0 saturated carbocycles. The zero-order chi connectivity index (χ0) is 56.5. The highest BCUT2D eigenvalue weighted by atomic mass is 35.5. The van der Waals surface area contributed by atoms with Crippen LogP contribution in [0.25, 0.3) is 0 Å². The van der Waals surface area contributed by atoms with Crippen LogP contribution in [0.15, 0.2) is 98.1 Å². The Hall–Kier alpha value is -5.49. The summed E-state index contributed by atoms with van der Waals surface area (Å²) in [7, 11) is 1.24. The number of amidine groups is 2. The predicted octanol–water partition coefficient (Wildman–Crippen LogP) is 10.9.